The van der Waals surface area contributed by atoms with Crippen LogP contribution in [0.4, 0.5) is 0 Å². The first-order valence-electron chi connectivity index (χ1n) is 16.3. The highest BCUT2D eigenvalue weighted by atomic mass is 15.0. The van der Waals surface area contributed by atoms with E-state index < -0.39 is 0 Å². The zero-order valence-electron chi connectivity index (χ0n) is 26.5. The van der Waals surface area contributed by atoms with Crippen LogP contribution in [0.5, 0.6) is 0 Å². The van der Waals surface area contributed by atoms with Crippen LogP contribution in [0.25, 0.3) is 82.1 Å². The summed E-state index contributed by atoms with van der Waals surface area (Å²) in [5.41, 5.74) is 9.94. The second-order valence-electron chi connectivity index (χ2n) is 11.8. The minimum absolute atomic E-state index is 1.17. The lowest BCUT2D eigenvalue weighted by Gasteiger charge is -2.19. The molecule has 0 radical (unpaired) electrons. The van der Waals surface area contributed by atoms with Crippen LogP contribution in [0.2, 0.25) is 0 Å². The van der Waals surface area contributed by atoms with Crippen LogP contribution in [0, 0.1) is 6.92 Å². The van der Waals surface area contributed by atoms with Gasteiger partial charge in [-0.15, -0.1) is 0 Å². The molecule has 0 aliphatic heterocycles. The molecule has 9 aromatic rings. The summed E-state index contributed by atoms with van der Waals surface area (Å²) in [4.78, 5) is 0. The van der Waals surface area contributed by atoms with Crippen molar-refractivity contribution in [3.8, 4) is 27.9 Å². The minimum atomic E-state index is 1.17. The molecule has 1 heterocycles. The summed E-state index contributed by atoms with van der Waals surface area (Å²) in [6, 6.07) is 58.0. The Bertz CT molecular complexity index is 2450. The third kappa shape index (κ3) is 4.39. The van der Waals surface area contributed by atoms with Crippen LogP contribution in [-0.2, 0) is 0 Å². The highest BCUT2D eigenvalue weighted by Gasteiger charge is 2.18. The summed E-state index contributed by atoms with van der Waals surface area (Å²) in [5, 5.41) is 10.2. The van der Waals surface area contributed by atoms with Crippen LogP contribution >= 0.6 is 0 Å². The van der Waals surface area contributed by atoms with Crippen LogP contribution in [0.15, 0.2) is 158 Å². The smallest absolute Gasteiger partial charge is 0.0541 e. The molecule has 0 N–H and O–H groups in total. The van der Waals surface area contributed by atoms with Crippen molar-refractivity contribution >= 4 is 54.1 Å². The second-order valence-corrected chi connectivity index (χ2v) is 11.8. The minimum Gasteiger partial charge on any atom is -0.309 e. The molecule has 0 aliphatic carbocycles. The van der Waals surface area contributed by atoms with Crippen molar-refractivity contribution in [2.45, 2.75) is 20.8 Å². The summed E-state index contributed by atoms with van der Waals surface area (Å²) >= 11 is 0. The van der Waals surface area contributed by atoms with E-state index in [0.29, 0.717) is 0 Å². The van der Waals surface area contributed by atoms with E-state index in [9.17, 15) is 0 Å². The summed E-state index contributed by atoms with van der Waals surface area (Å²) < 4.78 is 2.41. The van der Waals surface area contributed by atoms with E-state index in [0.717, 1.165) is 0 Å². The number of aryl methyl sites for hydroxylation is 1. The van der Waals surface area contributed by atoms with E-state index in [-0.39, 0.29) is 0 Å². The number of aromatic nitrogens is 1. The number of rotatable bonds is 3. The molecule has 0 fully saturated rings. The van der Waals surface area contributed by atoms with Crippen LogP contribution in [-0.4, -0.2) is 4.57 Å². The number of benzene rings is 8. The van der Waals surface area contributed by atoms with E-state index in [4.69, 9.17) is 0 Å². The van der Waals surface area contributed by atoms with Crippen molar-refractivity contribution in [1.29, 1.82) is 0 Å². The molecule has 8 aromatic carbocycles. The molecular weight excluding hydrogens is 555 g/mol. The maximum atomic E-state index is 2.41. The van der Waals surface area contributed by atoms with Gasteiger partial charge in [-0.2, -0.15) is 0 Å². The van der Waals surface area contributed by atoms with Gasteiger partial charge >= 0.3 is 0 Å². The Kier molecular flexibility index (Phi) is 6.88. The summed E-state index contributed by atoms with van der Waals surface area (Å²) in [6.07, 6.45) is 0. The summed E-state index contributed by atoms with van der Waals surface area (Å²) in [7, 11) is 0. The maximum absolute atomic E-state index is 2.41. The fourth-order valence-corrected chi connectivity index (χ4v) is 7.27. The molecule has 0 aliphatic rings. The number of hydrogen-bond acceptors (Lipinski definition) is 0. The van der Waals surface area contributed by atoms with Crippen LogP contribution in [0.1, 0.15) is 19.4 Å². The first-order chi connectivity index (χ1) is 22.7. The van der Waals surface area contributed by atoms with Crippen molar-refractivity contribution in [1.82, 2.24) is 4.57 Å². The largest absolute Gasteiger partial charge is 0.309 e. The quantitative estimate of drug-likeness (QED) is 0.181. The second kappa shape index (κ2) is 11.4. The molecule has 1 aromatic heterocycles. The van der Waals surface area contributed by atoms with Gasteiger partial charge in [0.25, 0.3) is 0 Å². The molecule has 9 rings (SSSR count). The Hall–Kier alpha value is -5.66. The molecule has 1 heteroatoms. The van der Waals surface area contributed by atoms with Crippen molar-refractivity contribution < 1.29 is 0 Å². The predicted molar refractivity (Wildman–Crippen MR) is 200 cm³/mol. The Morgan fingerprint density at radius 3 is 1.39 bits per heavy atom. The van der Waals surface area contributed by atoms with Gasteiger partial charge in [-0.05, 0) is 91.8 Å². The lowest BCUT2D eigenvalue weighted by Crippen LogP contribution is -1.95. The maximum Gasteiger partial charge on any atom is 0.0541 e. The number of hydrogen-bond donors (Lipinski definition) is 0. The third-order valence-electron chi connectivity index (χ3n) is 9.19. The lowest BCUT2D eigenvalue weighted by molar-refractivity contribution is 1.18. The average molecular weight is 590 g/mol. The molecule has 0 atom stereocenters. The van der Waals surface area contributed by atoms with E-state index in [1.54, 1.807) is 0 Å². The zero-order chi connectivity index (χ0) is 31.2. The monoisotopic (exact) mass is 589 g/mol. The van der Waals surface area contributed by atoms with Crippen molar-refractivity contribution in [3.63, 3.8) is 0 Å². The van der Waals surface area contributed by atoms with Gasteiger partial charge < -0.3 is 4.57 Å². The molecule has 0 amide bonds. The molecule has 1 nitrogen and oxygen atoms in total. The number of nitrogens with zero attached hydrogens (tertiary/aromatic N) is 1. The first kappa shape index (κ1) is 27.9. The average Bonchev–Trinajstić information content (AvgIpc) is 3.46. The Balaban J connectivity index is 0.00000153. The van der Waals surface area contributed by atoms with E-state index in [1.807, 2.05) is 13.8 Å². The van der Waals surface area contributed by atoms with Crippen molar-refractivity contribution in [3.05, 3.63) is 163 Å². The molecule has 220 valence electrons. The number of fused-ring (bicyclic) bond motifs is 6. The van der Waals surface area contributed by atoms with Crippen molar-refractivity contribution in [2.24, 2.45) is 0 Å². The molecular formula is C45H35N. The Morgan fingerprint density at radius 1 is 0.370 bits per heavy atom. The molecule has 0 unspecified atom stereocenters. The zero-order valence-corrected chi connectivity index (χ0v) is 26.5. The molecule has 0 saturated carbocycles. The van der Waals surface area contributed by atoms with Crippen LogP contribution in [0.3, 0.4) is 0 Å². The predicted octanol–water partition coefficient (Wildman–Crippen LogP) is 12.9. The highest BCUT2D eigenvalue weighted by Crippen LogP contribution is 2.44. The van der Waals surface area contributed by atoms with Gasteiger partial charge in [0.15, 0.2) is 0 Å². The van der Waals surface area contributed by atoms with E-state index in [2.05, 4.69) is 169 Å². The van der Waals surface area contributed by atoms with E-state index >= 15 is 0 Å². The van der Waals surface area contributed by atoms with Gasteiger partial charge in [0, 0.05) is 16.5 Å². The first-order valence-corrected chi connectivity index (χ1v) is 16.3. The Labute approximate surface area is 270 Å². The SMILES string of the molecule is CC.Cc1ccc2cc(-c3c4ccccc4c(-c4cccc(-n5c6ccccc6c6ccccc65)c4)c4ccccc34)ccc2c1. The fraction of sp³-hybridized carbons (Fsp3) is 0.0667. The molecule has 0 bridgehead atoms. The summed E-state index contributed by atoms with van der Waals surface area (Å²) in [6.45, 7) is 6.16. The lowest BCUT2D eigenvalue weighted by atomic mass is 9.85. The highest BCUT2D eigenvalue weighted by molar-refractivity contribution is 6.22. The van der Waals surface area contributed by atoms with Gasteiger partial charge in [-0.1, -0.05) is 147 Å². The van der Waals surface area contributed by atoms with Crippen LogP contribution < -0.4 is 0 Å². The summed E-state index contributed by atoms with van der Waals surface area (Å²) in [5.74, 6) is 0. The third-order valence-corrected chi connectivity index (χ3v) is 9.19. The number of para-hydroxylation sites is 2. The van der Waals surface area contributed by atoms with E-state index in [1.165, 1.54) is 87.6 Å². The molecule has 46 heavy (non-hydrogen) atoms. The van der Waals surface area contributed by atoms with Gasteiger partial charge in [0.2, 0.25) is 0 Å². The van der Waals surface area contributed by atoms with Crippen molar-refractivity contribution in [2.75, 3.05) is 0 Å². The fourth-order valence-electron chi connectivity index (χ4n) is 7.27. The van der Waals surface area contributed by atoms with Gasteiger partial charge in [0.1, 0.15) is 0 Å². The van der Waals surface area contributed by atoms with Gasteiger partial charge in [-0.25, -0.2) is 0 Å². The topological polar surface area (TPSA) is 4.93 Å². The van der Waals surface area contributed by atoms with Gasteiger partial charge in [-0.3, -0.25) is 0 Å². The standard InChI is InChI=1S/C43H29N.C2H6/c1-28-21-22-30-26-32(24-23-29(30)25-28)43-38-17-4-2-15-36(38)42(37-16-3-5-18-39(37)43)31-11-10-12-33(27-31)44-40-19-8-6-13-34(40)35-14-7-9-20-41(35)44;1-2/h2-27H,1H3;1-2H3. The normalized spacial score (nSPS) is 11.4. The van der Waals surface area contributed by atoms with Gasteiger partial charge in [0.05, 0.1) is 11.0 Å². The molecule has 0 saturated heterocycles. The molecule has 0 spiro atoms. The Morgan fingerprint density at radius 2 is 0.826 bits per heavy atom.